The van der Waals surface area contributed by atoms with Crippen LogP contribution < -0.4 is 10.6 Å². The van der Waals surface area contributed by atoms with Gasteiger partial charge < -0.3 is 10.6 Å². The molecule has 0 radical (unpaired) electrons. The number of benzene rings is 1. The van der Waals surface area contributed by atoms with Crippen molar-refractivity contribution < 1.29 is 0 Å². The number of aryl methyl sites for hydroxylation is 1. The van der Waals surface area contributed by atoms with Crippen molar-refractivity contribution in [1.82, 2.24) is 0 Å². The molecular formula is C16H26N2. The molecule has 2 N–H and O–H groups in total. The van der Waals surface area contributed by atoms with Gasteiger partial charge in [-0.2, -0.15) is 0 Å². The van der Waals surface area contributed by atoms with Crippen LogP contribution in [-0.4, -0.2) is 19.1 Å². The Hall–Kier alpha value is -1.02. The highest BCUT2D eigenvalue weighted by Gasteiger charge is 2.24. The van der Waals surface area contributed by atoms with Gasteiger partial charge in [-0.1, -0.05) is 17.7 Å². The van der Waals surface area contributed by atoms with Gasteiger partial charge in [0.15, 0.2) is 0 Å². The number of nitrogens with zero attached hydrogens (tertiary/aromatic N) is 1. The maximum absolute atomic E-state index is 5.98. The number of hydrogen-bond acceptors (Lipinski definition) is 2. The second kappa shape index (κ2) is 5.75. The Morgan fingerprint density at radius 2 is 2.11 bits per heavy atom. The zero-order valence-electron chi connectivity index (χ0n) is 11.9. The first-order valence-electron chi connectivity index (χ1n) is 7.20. The lowest BCUT2D eigenvalue weighted by Crippen LogP contribution is -2.27. The molecule has 1 aromatic rings. The summed E-state index contributed by atoms with van der Waals surface area (Å²) in [5, 5.41) is 0. The zero-order chi connectivity index (χ0) is 13.1. The minimum atomic E-state index is 0.227. The van der Waals surface area contributed by atoms with Gasteiger partial charge >= 0.3 is 0 Å². The molecule has 0 saturated heterocycles. The summed E-state index contributed by atoms with van der Waals surface area (Å²) in [4.78, 5) is 2.52. The molecular weight excluding hydrogens is 220 g/mol. The van der Waals surface area contributed by atoms with E-state index in [9.17, 15) is 0 Å². The predicted molar refractivity (Wildman–Crippen MR) is 79.1 cm³/mol. The molecule has 0 aliphatic heterocycles. The first kappa shape index (κ1) is 13.4. The summed E-state index contributed by atoms with van der Waals surface area (Å²) in [5.74, 6) is 0.925. The Labute approximate surface area is 111 Å². The van der Waals surface area contributed by atoms with Gasteiger partial charge in [-0.25, -0.2) is 0 Å². The lowest BCUT2D eigenvalue weighted by Gasteiger charge is -2.26. The molecule has 1 fully saturated rings. The maximum atomic E-state index is 5.98. The molecule has 100 valence electrons. The Bertz CT molecular complexity index is 394. The summed E-state index contributed by atoms with van der Waals surface area (Å²) < 4.78 is 0. The Kier molecular flexibility index (Phi) is 4.28. The summed E-state index contributed by atoms with van der Waals surface area (Å²) in [5.41, 5.74) is 10.1. The average molecular weight is 246 g/mol. The van der Waals surface area contributed by atoms with Crippen LogP contribution in [-0.2, 0) is 6.42 Å². The van der Waals surface area contributed by atoms with E-state index in [0.29, 0.717) is 0 Å². The van der Waals surface area contributed by atoms with Crippen LogP contribution in [0, 0.1) is 12.8 Å². The minimum Gasteiger partial charge on any atom is -0.371 e. The summed E-state index contributed by atoms with van der Waals surface area (Å²) >= 11 is 0. The monoisotopic (exact) mass is 246 g/mol. The van der Waals surface area contributed by atoms with Crippen molar-refractivity contribution in [1.29, 1.82) is 0 Å². The van der Waals surface area contributed by atoms with E-state index in [1.807, 2.05) is 0 Å². The molecule has 1 aliphatic rings. The van der Waals surface area contributed by atoms with E-state index in [1.165, 1.54) is 36.2 Å². The lowest BCUT2D eigenvalue weighted by molar-refractivity contribution is 0.712. The molecule has 1 saturated carbocycles. The van der Waals surface area contributed by atoms with Gasteiger partial charge in [0.2, 0.25) is 0 Å². The molecule has 0 aromatic heterocycles. The number of rotatable bonds is 6. The fraction of sp³-hybridized carbons (Fsp3) is 0.625. The molecule has 1 atom stereocenters. The van der Waals surface area contributed by atoms with Gasteiger partial charge in [0, 0.05) is 24.8 Å². The second-order valence-electron chi connectivity index (χ2n) is 5.80. The van der Waals surface area contributed by atoms with Crippen molar-refractivity contribution in [2.75, 3.05) is 18.0 Å². The molecule has 1 aliphatic carbocycles. The van der Waals surface area contributed by atoms with E-state index in [1.54, 1.807) is 0 Å². The van der Waals surface area contributed by atoms with Crippen LogP contribution in [0.25, 0.3) is 0 Å². The fourth-order valence-corrected chi connectivity index (χ4v) is 2.54. The van der Waals surface area contributed by atoms with Gasteiger partial charge in [-0.15, -0.1) is 0 Å². The first-order valence-corrected chi connectivity index (χ1v) is 7.20. The van der Waals surface area contributed by atoms with E-state index in [2.05, 4.69) is 43.9 Å². The van der Waals surface area contributed by atoms with Crippen molar-refractivity contribution >= 4 is 5.69 Å². The third kappa shape index (κ3) is 3.49. The molecule has 0 amide bonds. The highest BCUT2D eigenvalue weighted by atomic mass is 15.1. The quantitative estimate of drug-likeness (QED) is 0.835. The Morgan fingerprint density at radius 3 is 2.67 bits per heavy atom. The lowest BCUT2D eigenvalue weighted by atomic mass is 10.0. The average Bonchev–Trinajstić information content (AvgIpc) is 3.10. The fourth-order valence-electron chi connectivity index (χ4n) is 2.54. The summed E-state index contributed by atoms with van der Waals surface area (Å²) in [6.07, 6.45) is 3.79. The topological polar surface area (TPSA) is 29.3 Å². The van der Waals surface area contributed by atoms with Gasteiger partial charge in [0.25, 0.3) is 0 Å². The third-order valence-corrected chi connectivity index (χ3v) is 3.67. The van der Waals surface area contributed by atoms with E-state index in [4.69, 9.17) is 5.73 Å². The van der Waals surface area contributed by atoms with Crippen LogP contribution in [0.15, 0.2) is 18.2 Å². The van der Waals surface area contributed by atoms with Crippen LogP contribution in [0.4, 0.5) is 5.69 Å². The van der Waals surface area contributed by atoms with Gasteiger partial charge in [-0.3, -0.25) is 0 Å². The highest BCUT2D eigenvalue weighted by molar-refractivity contribution is 5.55. The van der Waals surface area contributed by atoms with Gasteiger partial charge in [-0.05, 0) is 57.6 Å². The Morgan fingerprint density at radius 1 is 1.39 bits per heavy atom. The molecule has 2 heteroatoms. The van der Waals surface area contributed by atoms with Crippen LogP contribution in [0.2, 0.25) is 0 Å². The predicted octanol–water partition coefficient (Wildman–Crippen LogP) is 3.12. The van der Waals surface area contributed by atoms with Crippen molar-refractivity contribution in [2.45, 2.75) is 46.1 Å². The van der Waals surface area contributed by atoms with Crippen LogP contribution >= 0.6 is 0 Å². The SMILES string of the molecule is CCN(CC1CC1)c1ccc(C)cc1CC(C)N. The molecule has 0 spiro atoms. The number of hydrogen-bond donors (Lipinski definition) is 1. The van der Waals surface area contributed by atoms with Crippen molar-refractivity contribution in [3.05, 3.63) is 29.3 Å². The van der Waals surface area contributed by atoms with Crippen LogP contribution in [0.5, 0.6) is 0 Å². The van der Waals surface area contributed by atoms with Gasteiger partial charge in [0.1, 0.15) is 0 Å². The molecule has 18 heavy (non-hydrogen) atoms. The standard InChI is InChI=1S/C16H26N2/c1-4-18(11-14-6-7-14)16-8-5-12(2)9-15(16)10-13(3)17/h5,8-9,13-14H,4,6-7,10-11,17H2,1-3H3. The minimum absolute atomic E-state index is 0.227. The second-order valence-corrected chi connectivity index (χ2v) is 5.80. The van der Waals surface area contributed by atoms with E-state index in [-0.39, 0.29) is 6.04 Å². The number of anilines is 1. The van der Waals surface area contributed by atoms with Crippen LogP contribution in [0.3, 0.4) is 0 Å². The molecule has 0 bridgehead atoms. The first-order chi connectivity index (χ1) is 8.60. The van der Waals surface area contributed by atoms with Gasteiger partial charge in [0.05, 0.1) is 0 Å². The van der Waals surface area contributed by atoms with E-state index >= 15 is 0 Å². The largest absolute Gasteiger partial charge is 0.371 e. The molecule has 1 aromatic carbocycles. The van der Waals surface area contributed by atoms with Crippen LogP contribution in [0.1, 0.15) is 37.8 Å². The van der Waals surface area contributed by atoms with Crippen molar-refractivity contribution in [3.8, 4) is 0 Å². The Balaban J connectivity index is 2.22. The highest BCUT2D eigenvalue weighted by Crippen LogP contribution is 2.32. The molecule has 0 heterocycles. The smallest absolute Gasteiger partial charge is 0.0399 e. The van der Waals surface area contributed by atoms with Crippen molar-refractivity contribution in [3.63, 3.8) is 0 Å². The summed E-state index contributed by atoms with van der Waals surface area (Å²) in [6, 6.07) is 7.02. The maximum Gasteiger partial charge on any atom is 0.0399 e. The normalized spacial score (nSPS) is 16.7. The summed E-state index contributed by atoms with van der Waals surface area (Å²) in [6.45, 7) is 8.80. The van der Waals surface area contributed by atoms with E-state index in [0.717, 1.165) is 18.9 Å². The number of nitrogens with two attached hydrogens (primary N) is 1. The van der Waals surface area contributed by atoms with Crippen molar-refractivity contribution in [2.24, 2.45) is 11.7 Å². The zero-order valence-corrected chi connectivity index (χ0v) is 11.9. The third-order valence-electron chi connectivity index (χ3n) is 3.67. The molecule has 2 nitrogen and oxygen atoms in total. The van der Waals surface area contributed by atoms with E-state index < -0.39 is 0 Å². The summed E-state index contributed by atoms with van der Waals surface area (Å²) in [7, 11) is 0. The molecule has 2 rings (SSSR count). The molecule has 1 unspecified atom stereocenters.